The highest BCUT2D eigenvalue weighted by atomic mass is 16.3. The topological polar surface area (TPSA) is 69.6 Å². The van der Waals surface area contributed by atoms with Gasteiger partial charge in [-0.3, -0.25) is 4.79 Å². The van der Waals surface area contributed by atoms with Gasteiger partial charge in [-0.1, -0.05) is 121 Å². The third-order valence-electron chi connectivity index (χ3n) is 6.35. The van der Waals surface area contributed by atoms with Crippen LogP contribution in [0.25, 0.3) is 0 Å². The summed E-state index contributed by atoms with van der Waals surface area (Å²) in [6.07, 6.45) is 34.5. The van der Waals surface area contributed by atoms with Crippen LogP contribution in [0.5, 0.6) is 0 Å². The maximum Gasteiger partial charge on any atom is 0.220 e. The number of allylic oxidation sites excluding steroid dienone is 5. The molecule has 0 aromatic rings. The van der Waals surface area contributed by atoms with Crippen LogP contribution in [0.4, 0.5) is 0 Å². The van der Waals surface area contributed by atoms with E-state index in [0.717, 1.165) is 38.5 Å². The zero-order valence-electron chi connectivity index (χ0n) is 23.1. The number of hydrogen-bond acceptors (Lipinski definition) is 3. The van der Waals surface area contributed by atoms with Crippen molar-refractivity contribution < 1.29 is 15.0 Å². The molecule has 2 unspecified atom stereocenters. The molecule has 35 heavy (non-hydrogen) atoms. The van der Waals surface area contributed by atoms with Gasteiger partial charge < -0.3 is 15.5 Å². The highest BCUT2D eigenvalue weighted by Gasteiger charge is 2.17. The third-order valence-corrected chi connectivity index (χ3v) is 6.35. The van der Waals surface area contributed by atoms with Crippen molar-refractivity contribution >= 4 is 5.91 Å². The van der Waals surface area contributed by atoms with Gasteiger partial charge in [-0.15, -0.1) is 0 Å². The van der Waals surface area contributed by atoms with Gasteiger partial charge in [0.2, 0.25) is 5.91 Å². The van der Waals surface area contributed by atoms with Crippen molar-refractivity contribution in [3.05, 3.63) is 36.5 Å². The number of carbonyl (C=O) groups excluding carboxylic acids is 1. The third kappa shape index (κ3) is 24.1. The normalized spacial score (nSPS) is 13.8. The number of aliphatic hydroxyl groups is 2. The minimum absolute atomic E-state index is 0.117. The molecular formula is C31H57NO3. The van der Waals surface area contributed by atoms with Gasteiger partial charge in [0.05, 0.1) is 18.8 Å². The molecule has 0 heterocycles. The first kappa shape index (κ1) is 33.6. The second-order valence-electron chi connectivity index (χ2n) is 9.80. The Labute approximate surface area is 217 Å². The second kappa shape index (κ2) is 27.2. The minimum atomic E-state index is -0.861. The first-order chi connectivity index (χ1) is 17.2. The van der Waals surface area contributed by atoms with E-state index >= 15 is 0 Å². The van der Waals surface area contributed by atoms with Crippen LogP contribution in [0, 0.1) is 0 Å². The molecule has 4 heteroatoms. The van der Waals surface area contributed by atoms with Gasteiger partial charge in [0.1, 0.15) is 0 Å². The van der Waals surface area contributed by atoms with E-state index in [-0.39, 0.29) is 12.5 Å². The summed E-state index contributed by atoms with van der Waals surface area (Å²) in [5.41, 5.74) is 0. The lowest BCUT2D eigenvalue weighted by molar-refractivity contribution is -0.123. The molecule has 4 nitrogen and oxygen atoms in total. The highest BCUT2D eigenvalue weighted by molar-refractivity contribution is 5.76. The van der Waals surface area contributed by atoms with E-state index in [9.17, 15) is 15.0 Å². The summed E-state index contributed by atoms with van der Waals surface area (Å²) in [5, 5.41) is 22.3. The molecule has 0 aromatic heterocycles. The van der Waals surface area contributed by atoms with Crippen molar-refractivity contribution in [3.8, 4) is 0 Å². The number of amides is 1. The predicted octanol–water partition coefficient (Wildman–Crippen LogP) is 7.94. The SMILES string of the molecule is CCCCCCCCCCCCC/C=C/CC/C=C/CC/C=C/C(O)C(CO)NC(=O)CCCC. The average Bonchev–Trinajstić information content (AvgIpc) is 2.86. The molecule has 0 fully saturated rings. The van der Waals surface area contributed by atoms with Gasteiger partial charge in [0, 0.05) is 6.42 Å². The van der Waals surface area contributed by atoms with E-state index in [0.29, 0.717) is 6.42 Å². The number of carbonyl (C=O) groups is 1. The van der Waals surface area contributed by atoms with Crippen LogP contribution in [0.3, 0.4) is 0 Å². The summed E-state index contributed by atoms with van der Waals surface area (Å²) in [4.78, 5) is 11.8. The molecule has 0 rings (SSSR count). The van der Waals surface area contributed by atoms with Crippen LogP contribution in [-0.2, 0) is 4.79 Å². The molecule has 1 amide bonds. The summed E-state index contributed by atoms with van der Waals surface area (Å²) >= 11 is 0. The lowest BCUT2D eigenvalue weighted by Gasteiger charge is -2.19. The molecule has 0 aliphatic rings. The Bertz CT molecular complexity index is 541. The largest absolute Gasteiger partial charge is 0.394 e. The van der Waals surface area contributed by atoms with Gasteiger partial charge in [0.25, 0.3) is 0 Å². The maximum absolute atomic E-state index is 11.8. The Hall–Kier alpha value is -1.39. The van der Waals surface area contributed by atoms with Gasteiger partial charge in [-0.05, 0) is 44.9 Å². The summed E-state index contributed by atoms with van der Waals surface area (Å²) in [7, 11) is 0. The quantitative estimate of drug-likeness (QED) is 0.0896. The fourth-order valence-corrected chi connectivity index (χ4v) is 4.01. The van der Waals surface area contributed by atoms with Gasteiger partial charge >= 0.3 is 0 Å². The molecule has 0 radical (unpaired) electrons. The van der Waals surface area contributed by atoms with Crippen molar-refractivity contribution in [3.63, 3.8) is 0 Å². The van der Waals surface area contributed by atoms with Crippen LogP contribution < -0.4 is 5.32 Å². The Morgan fingerprint density at radius 2 is 1.11 bits per heavy atom. The smallest absolute Gasteiger partial charge is 0.220 e. The molecular weight excluding hydrogens is 434 g/mol. The van der Waals surface area contributed by atoms with E-state index in [1.54, 1.807) is 6.08 Å². The van der Waals surface area contributed by atoms with Crippen LogP contribution in [-0.4, -0.2) is 34.9 Å². The fourth-order valence-electron chi connectivity index (χ4n) is 4.01. The summed E-state index contributed by atoms with van der Waals surface area (Å²) in [6.45, 7) is 4.04. The molecule has 2 atom stereocenters. The lowest BCUT2D eigenvalue weighted by Crippen LogP contribution is -2.45. The summed E-state index contributed by atoms with van der Waals surface area (Å²) in [6, 6.07) is -0.636. The van der Waals surface area contributed by atoms with Crippen molar-refractivity contribution in [2.75, 3.05) is 6.61 Å². The number of aliphatic hydroxyl groups excluding tert-OH is 2. The fraction of sp³-hybridized carbons (Fsp3) is 0.774. The molecule has 0 saturated carbocycles. The van der Waals surface area contributed by atoms with Crippen molar-refractivity contribution in [2.24, 2.45) is 0 Å². The Morgan fingerprint density at radius 3 is 1.63 bits per heavy atom. The van der Waals surface area contributed by atoms with Crippen LogP contribution in [0.2, 0.25) is 0 Å². The summed E-state index contributed by atoms with van der Waals surface area (Å²) < 4.78 is 0. The standard InChI is InChI=1S/C31H57NO3/c1-3-5-7-8-9-10-11-12-13-14-15-16-17-18-19-20-21-22-23-24-25-26-30(34)29(28-33)32-31(35)27-6-4-2/h17-18,21-22,25-26,29-30,33-34H,3-16,19-20,23-24,27-28H2,1-2H3,(H,32,35)/b18-17+,22-21+,26-25+. The van der Waals surface area contributed by atoms with E-state index in [2.05, 4.69) is 36.5 Å². The average molecular weight is 492 g/mol. The van der Waals surface area contributed by atoms with E-state index < -0.39 is 12.1 Å². The Morgan fingerprint density at radius 1 is 0.657 bits per heavy atom. The highest BCUT2D eigenvalue weighted by Crippen LogP contribution is 2.12. The van der Waals surface area contributed by atoms with Gasteiger partial charge in [-0.25, -0.2) is 0 Å². The predicted molar refractivity (Wildman–Crippen MR) is 152 cm³/mol. The van der Waals surface area contributed by atoms with Gasteiger partial charge in [-0.2, -0.15) is 0 Å². The molecule has 3 N–H and O–H groups in total. The first-order valence-corrected chi connectivity index (χ1v) is 14.7. The van der Waals surface area contributed by atoms with Crippen molar-refractivity contribution in [1.82, 2.24) is 5.32 Å². The zero-order valence-corrected chi connectivity index (χ0v) is 23.1. The Kier molecular flexibility index (Phi) is 26.1. The molecule has 0 aliphatic heterocycles. The molecule has 0 aliphatic carbocycles. The monoisotopic (exact) mass is 491 g/mol. The maximum atomic E-state index is 11.8. The zero-order chi connectivity index (χ0) is 25.8. The number of nitrogens with one attached hydrogen (secondary N) is 1. The lowest BCUT2D eigenvalue weighted by atomic mass is 10.1. The molecule has 0 spiro atoms. The van der Waals surface area contributed by atoms with Crippen LogP contribution in [0.1, 0.15) is 136 Å². The minimum Gasteiger partial charge on any atom is -0.394 e. The Balaban J connectivity index is 3.60. The molecule has 0 saturated heterocycles. The van der Waals surface area contributed by atoms with Crippen molar-refractivity contribution in [1.29, 1.82) is 0 Å². The van der Waals surface area contributed by atoms with E-state index in [1.807, 2.05) is 13.0 Å². The van der Waals surface area contributed by atoms with Crippen LogP contribution >= 0.6 is 0 Å². The van der Waals surface area contributed by atoms with Crippen molar-refractivity contribution in [2.45, 2.75) is 148 Å². The van der Waals surface area contributed by atoms with E-state index in [4.69, 9.17) is 0 Å². The summed E-state index contributed by atoms with van der Waals surface area (Å²) in [5.74, 6) is -0.117. The molecule has 0 aromatic carbocycles. The molecule has 0 bridgehead atoms. The number of unbranched alkanes of at least 4 members (excludes halogenated alkanes) is 14. The number of hydrogen-bond donors (Lipinski definition) is 3. The van der Waals surface area contributed by atoms with Crippen LogP contribution in [0.15, 0.2) is 36.5 Å². The van der Waals surface area contributed by atoms with E-state index in [1.165, 1.54) is 77.0 Å². The second-order valence-corrected chi connectivity index (χ2v) is 9.80. The first-order valence-electron chi connectivity index (χ1n) is 14.7. The molecule has 204 valence electrons. The number of rotatable bonds is 25. The van der Waals surface area contributed by atoms with Gasteiger partial charge in [0.15, 0.2) is 0 Å².